The molecular weight excluding hydrogens is 473 g/mol. The molecule has 0 amide bonds. The number of nitrogens with zero attached hydrogens (tertiary/aromatic N) is 5. The molecule has 1 aliphatic carbocycles. The molecule has 1 saturated carbocycles. The lowest BCUT2D eigenvalue weighted by atomic mass is 9.60. The van der Waals surface area contributed by atoms with Gasteiger partial charge in [-0.25, -0.2) is 3.97 Å². The second kappa shape index (κ2) is 8.84. The van der Waals surface area contributed by atoms with Gasteiger partial charge in [-0.3, -0.25) is 0 Å². The number of rotatable bonds is 4. The third kappa shape index (κ3) is 3.76. The summed E-state index contributed by atoms with van der Waals surface area (Å²) >= 11 is 0.162. The molecule has 4 aliphatic rings. The van der Waals surface area contributed by atoms with Gasteiger partial charge in [0, 0.05) is 42.1 Å². The normalized spacial score (nSPS) is 22.2. The number of halogens is 1. The first kappa shape index (κ1) is 22.7. The highest BCUT2D eigenvalue weighted by molar-refractivity contribution is 7.92. The van der Waals surface area contributed by atoms with E-state index < -0.39 is 0 Å². The number of aromatic nitrogens is 2. The molecule has 5 heterocycles. The number of likely N-dealkylation sites (tertiary alicyclic amines) is 1. The summed E-state index contributed by atoms with van der Waals surface area (Å²) in [5.74, 6) is 0.574. The van der Waals surface area contributed by atoms with Gasteiger partial charge in [0.2, 0.25) is 5.88 Å². The quantitative estimate of drug-likeness (QED) is 0.425. The smallest absolute Gasteiger partial charge is 0.240 e. The van der Waals surface area contributed by atoms with E-state index in [2.05, 4.69) is 50.9 Å². The number of benzene rings is 1. The molecule has 7 rings (SSSR count). The van der Waals surface area contributed by atoms with E-state index in [4.69, 9.17) is 4.74 Å². The predicted octanol–water partition coefficient (Wildman–Crippen LogP) is 6.10. The summed E-state index contributed by atoms with van der Waals surface area (Å²) in [6, 6.07) is 11.7. The van der Waals surface area contributed by atoms with Crippen LogP contribution in [0.4, 0.5) is 20.9 Å². The monoisotopic (exact) mass is 507 g/mol. The molecule has 0 unspecified atom stereocenters. The summed E-state index contributed by atoms with van der Waals surface area (Å²) in [7, 11) is 0. The Hall–Kier alpha value is -2.45. The molecule has 0 radical (unpaired) electrons. The average Bonchev–Trinajstić information content (AvgIpc) is 3.56. The zero-order chi connectivity index (χ0) is 24.3. The number of ether oxygens (including phenoxy) is 1. The average molecular weight is 508 g/mol. The lowest BCUT2D eigenvalue weighted by Gasteiger charge is -2.55. The summed E-state index contributed by atoms with van der Waals surface area (Å²) in [6.07, 6.45) is 9.95. The summed E-state index contributed by atoms with van der Waals surface area (Å²) < 4.78 is 20.6. The van der Waals surface area contributed by atoms with Crippen LogP contribution in [0.3, 0.4) is 0 Å². The Morgan fingerprint density at radius 3 is 2.58 bits per heavy atom. The molecule has 1 spiro atoms. The number of piperidine rings is 1. The molecule has 2 saturated heterocycles. The zero-order valence-corrected chi connectivity index (χ0v) is 21.8. The molecule has 1 aromatic carbocycles. The van der Waals surface area contributed by atoms with Crippen molar-refractivity contribution >= 4 is 40.4 Å². The number of hydrogen-bond acceptors (Lipinski definition) is 6. The Kier molecular flexibility index (Phi) is 5.58. The van der Waals surface area contributed by atoms with Crippen molar-refractivity contribution in [3.8, 4) is 5.88 Å². The molecule has 0 bridgehead atoms. The fourth-order valence-electron chi connectivity index (χ4n) is 7.01. The largest absolute Gasteiger partial charge is 0.474 e. The first-order valence-corrected chi connectivity index (χ1v) is 14.1. The van der Waals surface area contributed by atoms with Crippen molar-refractivity contribution in [2.45, 2.75) is 51.5 Å². The van der Waals surface area contributed by atoms with Crippen LogP contribution in [-0.4, -0.2) is 59.2 Å². The lowest BCUT2D eigenvalue weighted by molar-refractivity contribution is -0.00644. The van der Waals surface area contributed by atoms with E-state index >= 15 is 0 Å². The number of hydrogen-bond donors (Lipinski definition) is 0. The fraction of sp³-hybridized carbons (Fsp3) is 0.536. The third-order valence-corrected chi connectivity index (χ3v) is 9.60. The molecule has 6 nitrogen and oxygen atoms in total. The topological polar surface area (TPSA) is 36.8 Å². The van der Waals surface area contributed by atoms with E-state index in [-0.39, 0.29) is 12.3 Å². The Morgan fingerprint density at radius 2 is 1.81 bits per heavy atom. The van der Waals surface area contributed by atoms with Crippen LogP contribution in [0.15, 0.2) is 36.5 Å². The summed E-state index contributed by atoms with van der Waals surface area (Å²) in [5.41, 5.74) is 5.89. The molecule has 36 heavy (non-hydrogen) atoms. The minimum Gasteiger partial charge on any atom is -0.474 e. The van der Waals surface area contributed by atoms with E-state index in [1.54, 1.807) is 6.20 Å². The first-order chi connectivity index (χ1) is 17.6. The predicted molar refractivity (Wildman–Crippen MR) is 145 cm³/mol. The number of fused-ring (bicyclic) bond motifs is 2. The van der Waals surface area contributed by atoms with Gasteiger partial charge in [0.05, 0.1) is 6.54 Å². The Morgan fingerprint density at radius 1 is 1.00 bits per heavy atom. The van der Waals surface area contributed by atoms with Crippen LogP contribution in [0.25, 0.3) is 11.0 Å². The van der Waals surface area contributed by atoms with Crippen LogP contribution in [0, 0.1) is 12.3 Å². The van der Waals surface area contributed by atoms with Gasteiger partial charge in [-0.15, -0.1) is 3.89 Å². The summed E-state index contributed by atoms with van der Waals surface area (Å²) in [6.45, 7) is 8.44. The fourth-order valence-corrected chi connectivity index (χ4v) is 7.32. The van der Waals surface area contributed by atoms with E-state index in [0.717, 1.165) is 36.7 Å². The molecule has 190 valence electrons. The standard InChI is InChI=1S/C28H34FN5OS/c1-20-4-5-22(32-12-7-28(8-13-32)18-23(19-28)31-9-2-3-10-31)17-24(20)33-14-15-35-27-25(33)16-21-6-11-34(36-29)26(21)30-27/h4-6,11,16-17,23H,2-3,7-10,12-15,18-19H2,1H3. The first-order valence-electron chi connectivity index (χ1n) is 13.4. The molecule has 3 aromatic rings. The van der Waals surface area contributed by atoms with Crippen molar-refractivity contribution in [3.63, 3.8) is 0 Å². The molecule has 3 fully saturated rings. The summed E-state index contributed by atoms with van der Waals surface area (Å²) in [5, 5.41) is 0.914. The minimum absolute atomic E-state index is 0.162. The van der Waals surface area contributed by atoms with E-state index in [1.807, 2.05) is 6.07 Å². The van der Waals surface area contributed by atoms with Crippen molar-refractivity contribution < 1.29 is 8.62 Å². The summed E-state index contributed by atoms with van der Waals surface area (Å²) in [4.78, 5) is 12.3. The van der Waals surface area contributed by atoms with Crippen molar-refractivity contribution in [2.24, 2.45) is 5.41 Å². The van der Waals surface area contributed by atoms with Crippen LogP contribution in [-0.2, 0) is 0 Å². The van der Waals surface area contributed by atoms with Crippen molar-refractivity contribution in [2.75, 3.05) is 49.1 Å². The molecule has 2 aromatic heterocycles. The van der Waals surface area contributed by atoms with E-state index in [0.29, 0.717) is 23.5 Å². The van der Waals surface area contributed by atoms with Gasteiger partial charge >= 0.3 is 0 Å². The van der Waals surface area contributed by atoms with Crippen molar-refractivity contribution in [1.82, 2.24) is 13.9 Å². The highest BCUT2D eigenvalue weighted by Crippen LogP contribution is 2.52. The van der Waals surface area contributed by atoms with Crippen LogP contribution in [0.2, 0.25) is 0 Å². The Labute approximate surface area is 216 Å². The van der Waals surface area contributed by atoms with Crippen molar-refractivity contribution in [3.05, 3.63) is 42.1 Å². The second-order valence-electron chi connectivity index (χ2n) is 11.2. The highest BCUT2D eigenvalue weighted by Gasteiger charge is 2.48. The molecular formula is C28H34FN5OS. The third-order valence-electron chi connectivity index (χ3n) is 9.16. The molecule has 8 heteroatoms. The van der Waals surface area contributed by atoms with Crippen LogP contribution >= 0.6 is 12.3 Å². The lowest BCUT2D eigenvalue weighted by Crippen LogP contribution is -2.54. The second-order valence-corrected chi connectivity index (χ2v) is 11.7. The van der Waals surface area contributed by atoms with Gasteiger partial charge in [-0.1, -0.05) is 6.07 Å². The maximum Gasteiger partial charge on any atom is 0.240 e. The number of pyridine rings is 1. The van der Waals surface area contributed by atoms with Crippen LogP contribution in [0.1, 0.15) is 44.1 Å². The highest BCUT2D eigenvalue weighted by atomic mass is 32.2. The van der Waals surface area contributed by atoms with Gasteiger partial charge in [-0.2, -0.15) is 4.98 Å². The maximum absolute atomic E-state index is 13.3. The Bertz CT molecular complexity index is 1270. The number of anilines is 3. The van der Waals surface area contributed by atoms with Gasteiger partial charge in [0.15, 0.2) is 18.0 Å². The van der Waals surface area contributed by atoms with Gasteiger partial charge < -0.3 is 19.4 Å². The Balaban J connectivity index is 1.11. The van der Waals surface area contributed by atoms with Crippen molar-refractivity contribution in [1.29, 1.82) is 0 Å². The van der Waals surface area contributed by atoms with E-state index in [9.17, 15) is 3.89 Å². The van der Waals surface area contributed by atoms with Gasteiger partial charge in [0.1, 0.15) is 12.3 Å². The molecule has 0 N–H and O–H groups in total. The molecule has 3 aliphatic heterocycles. The minimum atomic E-state index is 0.162. The van der Waals surface area contributed by atoms with Gasteiger partial charge in [-0.05, 0) is 93.8 Å². The maximum atomic E-state index is 13.3. The molecule has 0 atom stereocenters. The van der Waals surface area contributed by atoms with Crippen LogP contribution < -0.4 is 14.5 Å². The number of aryl methyl sites for hydroxylation is 1. The zero-order valence-electron chi connectivity index (χ0n) is 21.0. The SMILES string of the molecule is Cc1ccc(N2CCC3(CC2)CC(N2CCCC2)C3)cc1N1CCOc2nc3c(ccn3SF)cc21. The van der Waals surface area contributed by atoms with E-state index in [1.165, 1.54) is 72.5 Å². The van der Waals surface area contributed by atoms with Gasteiger partial charge in [0.25, 0.3) is 0 Å². The van der Waals surface area contributed by atoms with Crippen LogP contribution in [0.5, 0.6) is 5.88 Å².